The number of hydrogen-bond donors (Lipinski definition) is 1. The molecule has 1 N–H and O–H groups in total. The van der Waals surface area contributed by atoms with Crippen LogP contribution in [0.5, 0.6) is 0 Å². The predicted octanol–water partition coefficient (Wildman–Crippen LogP) is 2.67. The van der Waals surface area contributed by atoms with E-state index in [9.17, 15) is 4.79 Å². The summed E-state index contributed by atoms with van der Waals surface area (Å²) >= 11 is 1.18. The molecule has 0 aliphatic carbocycles. The van der Waals surface area contributed by atoms with E-state index in [1.807, 2.05) is 13.0 Å². The van der Waals surface area contributed by atoms with Crippen LogP contribution >= 0.6 is 11.5 Å². The van der Waals surface area contributed by atoms with Gasteiger partial charge < -0.3 is 5.32 Å². The van der Waals surface area contributed by atoms with Gasteiger partial charge in [0, 0.05) is 25.2 Å². The minimum Gasteiger partial charge on any atom is -0.347 e. The number of carbonyl (C=O) groups excluding carboxylic acids is 1. The number of rotatable bonds is 5. The number of aryl methyl sites for hydroxylation is 1. The van der Waals surface area contributed by atoms with Gasteiger partial charge in [0.05, 0.1) is 5.69 Å². The Balaban J connectivity index is 1.59. The summed E-state index contributed by atoms with van der Waals surface area (Å²) < 4.78 is 3.89. The molecule has 1 aromatic heterocycles. The van der Waals surface area contributed by atoms with Gasteiger partial charge in [-0.3, -0.25) is 9.69 Å². The van der Waals surface area contributed by atoms with E-state index in [0.717, 1.165) is 31.6 Å². The lowest BCUT2D eigenvalue weighted by Gasteiger charge is -2.24. The van der Waals surface area contributed by atoms with Crippen molar-refractivity contribution in [2.75, 3.05) is 13.1 Å². The smallest absolute Gasteiger partial charge is 0.265 e. The summed E-state index contributed by atoms with van der Waals surface area (Å²) in [6.07, 6.45) is 1.72. The van der Waals surface area contributed by atoms with E-state index in [2.05, 4.69) is 51.0 Å². The highest BCUT2D eigenvalue weighted by atomic mass is 32.1. The summed E-state index contributed by atoms with van der Waals surface area (Å²) in [5.41, 5.74) is 2.11. The third-order valence-electron chi connectivity index (χ3n) is 4.48. The number of nitrogens with one attached hydrogen (secondary N) is 1. The van der Waals surface area contributed by atoms with Gasteiger partial charge in [0.2, 0.25) is 0 Å². The van der Waals surface area contributed by atoms with Crippen LogP contribution in [0, 0.1) is 0 Å². The second-order valence-electron chi connectivity index (χ2n) is 5.94. The summed E-state index contributed by atoms with van der Waals surface area (Å²) in [5, 5.41) is 7.15. The highest BCUT2D eigenvalue weighted by Gasteiger charge is 2.28. The topological polar surface area (TPSA) is 58.1 Å². The molecule has 2 atom stereocenters. The maximum absolute atomic E-state index is 12.4. The van der Waals surface area contributed by atoms with Gasteiger partial charge in [0.25, 0.3) is 5.91 Å². The van der Waals surface area contributed by atoms with Crippen molar-refractivity contribution in [1.82, 2.24) is 19.8 Å². The Morgan fingerprint density at radius 3 is 2.96 bits per heavy atom. The van der Waals surface area contributed by atoms with Crippen LogP contribution in [0.15, 0.2) is 30.3 Å². The first-order valence-corrected chi connectivity index (χ1v) is 8.87. The first kappa shape index (κ1) is 16.1. The molecule has 2 aromatic rings. The molecule has 1 saturated heterocycles. The summed E-state index contributed by atoms with van der Waals surface area (Å²) in [6.45, 7) is 6.10. The maximum Gasteiger partial charge on any atom is 0.265 e. The van der Waals surface area contributed by atoms with Crippen LogP contribution in [0.4, 0.5) is 0 Å². The van der Waals surface area contributed by atoms with Gasteiger partial charge in [-0.2, -0.15) is 0 Å². The summed E-state index contributed by atoms with van der Waals surface area (Å²) in [5.74, 6) is -0.0314. The SMILES string of the molecule is CCc1nnsc1C(=O)N[C@H]1CCN([C@H](C)c2ccccc2)C1. The largest absolute Gasteiger partial charge is 0.347 e. The molecule has 1 aromatic carbocycles. The van der Waals surface area contributed by atoms with Crippen molar-refractivity contribution < 1.29 is 4.79 Å². The minimum absolute atomic E-state index is 0.0314. The Hall–Kier alpha value is -1.79. The van der Waals surface area contributed by atoms with Gasteiger partial charge in [-0.1, -0.05) is 41.7 Å². The number of hydrogen-bond acceptors (Lipinski definition) is 5. The molecule has 1 aliphatic rings. The zero-order chi connectivity index (χ0) is 16.2. The fourth-order valence-corrected chi connectivity index (χ4v) is 3.72. The summed E-state index contributed by atoms with van der Waals surface area (Å²) in [7, 11) is 0. The lowest BCUT2D eigenvalue weighted by Crippen LogP contribution is -2.37. The Bertz CT molecular complexity index is 658. The average Bonchev–Trinajstić information content (AvgIpc) is 3.23. The molecule has 1 aliphatic heterocycles. The molecule has 6 heteroatoms. The molecule has 1 fully saturated rings. The van der Waals surface area contributed by atoms with Crippen molar-refractivity contribution in [1.29, 1.82) is 0 Å². The molecular formula is C17H22N4OS. The van der Waals surface area contributed by atoms with Crippen LogP contribution in [0.1, 0.15) is 47.2 Å². The normalized spacial score (nSPS) is 19.7. The number of aromatic nitrogens is 2. The minimum atomic E-state index is -0.0314. The van der Waals surface area contributed by atoms with Crippen LogP contribution in [-0.2, 0) is 6.42 Å². The first-order chi connectivity index (χ1) is 11.2. The van der Waals surface area contributed by atoms with Gasteiger partial charge in [0.1, 0.15) is 4.88 Å². The number of nitrogens with zero attached hydrogens (tertiary/aromatic N) is 3. The fraction of sp³-hybridized carbons (Fsp3) is 0.471. The van der Waals surface area contributed by atoms with Gasteiger partial charge in [-0.15, -0.1) is 5.10 Å². The van der Waals surface area contributed by atoms with Gasteiger partial charge in [-0.25, -0.2) is 0 Å². The Labute approximate surface area is 140 Å². The van der Waals surface area contributed by atoms with Crippen LogP contribution in [-0.4, -0.2) is 39.5 Å². The molecule has 0 radical (unpaired) electrons. The highest BCUT2D eigenvalue weighted by molar-refractivity contribution is 7.08. The fourth-order valence-electron chi connectivity index (χ4n) is 3.06. The molecule has 0 saturated carbocycles. The van der Waals surface area contributed by atoms with Crippen molar-refractivity contribution in [3.05, 3.63) is 46.5 Å². The number of benzene rings is 1. The van der Waals surface area contributed by atoms with Crippen LogP contribution in [0.2, 0.25) is 0 Å². The highest BCUT2D eigenvalue weighted by Crippen LogP contribution is 2.24. The lowest BCUT2D eigenvalue weighted by atomic mass is 10.1. The van der Waals surface area contributed by atoms with E-state index in [-0.39, 0.29) is 11.9 Å². The van der Waals surface area contributed by atoms with E-state index in [0.29, 0.717) is 10.9 Å². The molecule has 122 valence electrons. The van der Waals surface area contributed by atoms with Crippen LogP contribution in [0.25, 0.3) is 0 Å². The lowest BCUT2D eigenvalue weighted by molar-refractivity contribution is 0.0939. The Kier molecular flexibility index (Phi) is 5.03. The first-order valence-electron chi connectivity index (χ1n) is 8.10. The number of carbonyl (C=O) groups is 1. The molecule has 1 amide bonds. The number of amides is 1. The van der Waals surface area contributed by atoms with E-state index in [4.69, 9.17) is 0 Å². The average molecular weight is 330 g/mol. The third-order valence-corrected chi connectivity index (χ3v) is 5.25. The quantitative estimate of drug-likeness (QED) is 0.916. The molecular weight excluding hydrogens is 308 g/mol. The van der Waals surface area contributed by atoms with Crippen molar-refractivity contribution in [2.45, 2.75) is 38.8 Å². The standard InChI is InChI=1S/C17H22N4OS/c1-3-15-16(23-20-19-15)17(22)18-14-9-10-21(11-14)12(2)13-7-5-4-6-8-13/h4-8,12,14H,3,9-11H2,1-2H3,(H,18,22)/t12-,14+/m1/s1. The second-order valence-corrected chi connectivity index (χ2v) is 6.70. The molecule has 5 nitrogen and oxygen atoms in total. The second kappa shape index (κ2) is 7.19. The maximum atomic E-state index is 12.4. The summed E-state index contributed by atoms with van der Waals surface area (Å²) in [6, 6.07) is 11.1. The van der Waals surface area contributed by atoms with Crippen molar-refractivity contribution in [2.24, 2.45) is 0 Å². The van der Waals surface area contributed by atoms with E-state index < -0.39 is 0 Å². The Morgan fingerprint density at radius 2 is 2.22 bits per heavy atom. The van der Waals surface area contributed by atoms with Gasteiger partial charge in [-0.05, 0) is 36.9 Å². The predicted molar refractivity (Wildman–Crippen MR) is 91.6 cm³/mol. The molecule has 23 heavy (non-hydrogen) atoms. The zero-order valence-electron chi connectivity index (χ0n) is 13.5. The molecule has 2 heterocycles. The van der Waals surface area contributed by atoms with Crippen molar-refractivity contribution >= 4 is 17.4 Å². The molecule has 0 spiro atoms. The van der Waals surface area contributed by atoms with Crippen molar-refractivity contribution in [3.63, 3.8) is 0 Å². The molecule has 0 unspecified atom stereocenters. The monoisotopic (exact) mass is 330 g/mol. The van der Waals surface area contributed by atoms with Gasteiger partial charge >= 0.3 is 0 Å². The van der Waals surface area contributed by atoms with E-state index in [1.165, 1.54) is 17.1 Å². The van der Waals surface area contributed by atoms with E-state index in [1.54, 1.807) is 0 Å². The third kappa shape index (κ3) is 3.59. The van der Waals surface area contributed by atoms with E-state index >= 15 is 0 Å². The zero-order valence-corrected chi connectivity index (χ0v) is 14.3. The molecule has 3 rings (SSSR count). The molecule has 0 bridgehead atoms. The van der Waals surface area contributed by atoms with Crippen LogP contribution in [0.3, 0.4) is 0 Å². The van der Waals surface area contributed by atoms with Gasteiger partial charge in [0.15, 0.2) is 0 Å². The van der Waals surface area contributed by atoms with Crippen molar-refractivity contribution in [3.8, 4) is 0 Å². The van der Waals surface area contributed by atoms with Crippen LogP contribution < -0.4 is 5.32 Å². The summed E-state index contributed by atoms with van der Waals surface area (Å²) in [4.78, 5) is 15.5. The number of likely N-dealkylation sites (tertiary alicyclic amines) is 1. The Morgan fingerprint density at radius 1 is 1.43 bits per heavy atom.